The van der Waals surface area contributed by atoms with Gasteiger partial charge in [-0.1, -0.05) is 11.6 Å². The number of anilines is 1. The molecule has 0 saturated heterocycles. The lowest BCUT2D eigenvalue weighted by Gasteiger charge is -2.30. The van der Waals surface area contributed by atoms with E-state index in [0.717, 1.165) is 19.0 Å². The van der Waals surface area contributed by atoms with Gasteiger partial charge in [-0.2, -0.15) is 0 Å². The van der Waals surface area contributed by atoms with Gasteiger partial charge in [-0.15, -0.1) is 0 Å². The Morgan fingerprint density at radius 1 is 1.18 bits per heavy atom. The van der Waals surface area contributed by atoms with E-state index in [4.69, 9.17) is 11.6 Å². The molecule has 0 spiro atoms. The van der Waals surface area contributed by atoms with Crippen molar-refractivity contribution in [2.24, 2.45) is 11.8 Å². The molecular formula is C22H27ClFN3O. The monoisotopic (exact) mass is 403 g/mol. The lowest BCUT2D eigenvalue weighted by molar-refractivity contribution is 0.103. The molecule has 1 aromatic heterocycles. The molecule has 0 bridgehead atoms. The number of halogens is 2. The molecule has 2 aromatic rings. The second-order valence-electron chi connectivity index (χ2n) is 7.92. The van der Waals surface area contributed by atoms with Crippen molar-refractivity contribution in [3.05, 3.63) is 58.6 Å². The molecule has 1 N–H and O–H groups in total. The van der Waals surface area contributed by atoms with Crippen LogP contribution in [0.15, 0.2) is 36.5 Å². The van der Waals surface area contributed by atoms with Crippen molar-refractivity contribution >= 4 is 23.1 Å². The summed E-state index contributed by atoms with van der Waals surface area (Å²) in [7, 11) is 4.25. The van der Waals surface area contributed by atoms with Crippen molar-refractivity contribution < 1.29 is 9.18 Å². The summed E-state index contributed by atoms with van der Waals surface area (Å²) in [5.41, 5.74) is 1.57. The minimum atomic E-state index is -0.367. The first-order chi connectivity index (χ1) is 13.4. The fourth-order valence-corrected chi connectivity index (χ4v) is 4.06. The van der Waals surface area contributed by atoms with Gasteiger partial charge in [0.05, 0.1) is 5.56 Å². The molecule has 150 valence electrons. The molecule has 28 heavy (non-hydrogen) atoms. The van der Waals surface area contributed by atoms with Gasteiger partial charge in [0, 0.05) is 30.5 Å². The molecule has 1 aliphatic rings. The molecule has 6 heteroatoms. The molecule has 4 nitrogen and oxygen atoms in total. The molecule has 0 aliphatic heterocycles. The van der Waals surface area contributed by atoms with Crippen LogP contribution in [0.1, 0.15) is 41.6 Å². The van der Waals surface area contributed by atoms with Crippen LogP contribution in [0.3, 0.4) is 0 Å². The Hall–Kier alpha value is -1.98. The van der Waals surface area contributed by atoms with Crippen molar-refractivity contribution in [2.45, 2.75) is 25.7 Å². The number of aromatic nitrogens is 1. The third-order valence-electron chi connectivity index (χ3n) is 5.39. The number of benzene rings is 1. The standard InChI is InChI=1S/C22H27ClFN3O/c1-27(2)14-16-5-3-15(4-6-16)12-25-20-11-21(23)26-13-19(20)22(28)17-7-9-18(24)10-8-17/h7-11,13,15-16H,3-6,12,14H2,1-2H3,(H,25,26). The molecule has 0 amide bonds. The van der Waals surface area contributed by atoms with E-state index >= 15 is 0 Å². The first-order valence-corrected chi connectivity index (χ1v) is 10.1. The molecule has 1 heterocycles. The van der Waals surface area contributed by atoms with Gasteiger partial charge < -0.3 is 10.2 Å². The SMILES string of the molecule is CN(C)CC1CCC(CNc2cc(Cl)ncc2C(=O)c2ccc(F)cc2)CC1. The number of ketones is 1. The molecule has 0 radical (unpaired) electrons. The van der Waals surface area contributed by atoms with Crippen LogP contribution in [0.25, 0.3) is 0 Å². The van der Waals surface area contributed by atoms with Crippen LogP contribution in [0, 0.1) is 17.7 Å². The highest BCUT2D eigenvalue weighted by molar-refractivity contribution is 6.30. The first-order valence-electron chi connectivity index (χ1n) is 9.76. The predicted molar refractivity (Wildman–Crippen MR) is 112 cm³/mol. The fraction of sp³-hybridized carbons (Fsp3) is 0.455. The summed E-state index contributed by atoms with van der Waals surface area (Å²) in [6, 6.07) is 7.24. The molecule has 1 aliphatic carbocycles. The second-order valence-corrected chi connectivity index (χ2v) is 8.31. The maximum Gasteiger partial charge on any atom is 0.196 e. The smallest absolute Gasteiger partial charge is 0.196 e. The Labute approximate surface area is 171 Å². The largest absolute Gasteiger partial charge is 0.384 e. The molecule has 0 unspecified atom stereocenters. The zero-order chi connectivity index (χ0) is 20.1. The number of hydrogen-bond donors (Lipinski definition) is 1. The highest BCUT2D eigenvalue weighted by Crippen LogP contribution is 2.30. The van der Waals surface area contributed by atoms with Crippen LogP contribution in [0.5, 0.6) is 0 Å². The molecule has 1 saturated carbocycles. The third-order valence-corrected chi connectivity index (χ3v) is 5.60. The zero-order valence-electron chi connectivity index (χ0n) is 16.4. The number of rotatable bonds is 7. The van der Waals surface area contributed by atoms with Crippen molar-refractivity contribution in [1.29, 1.82) is 0 Å². The molecule has 3 rings (SSSR count). The Kier molecular flexibility index (Phi) is 7.03. The topological polar surface area (TPSA) is 45.2 Å². The van der Waals surface area contributed by atoms with Crippen LogP contribution < -0.4 is 5.32 Å². The van der Waals surface area contributed by atoms with Crippen molar-refractivity contribution in [3.63, 3.8) is 0 Å². The average Bonchev–Trinajstić information content (AvgIpc) is 2.67. The van der Waals surface area contributed by atoms with Gasteiger partial charge in [0.2, 0.25) is 0 Å². The maximum atomic E-state index is 13.2. The van der Waals surface area contributed by atoms with Gasteiger partial charge in [0.25, 0.3) is 0 Å². The highest BCUT2D eigenvalue weighted by Gasteiger charge is 2.22. The van der Waals surface area contributed by atoms with E-state index in [1.165, 1.54) is 56.1 Å². The number of nitrogens with zero attached hydrogens (tertiary/aromatic N) is 2. The van der Waals surface area contributed by atoms with E-state index in [9.17, 15) is 9.18 Å². The Morgan fingerprint density at radius 2 is 1.82 bits per heavy atom. The van der Waals surface area contributed by atoms with E-state index in [-0.39, 0.29) is 11.6 Å². The summed E-state index contributed by atoms with van der Waals surface area (Å²) in [5.74, 6) is 0.798. The molecule has 0 atom stereocenters. The van der Waals surface area contributed by atoms with Gasteiger partial charge in [-0.25, -0.2) is 9.37 Å². The Balaban J connectivity index is 1.65. The summed E-state index contributed by atoms with van der Waals surface area (Å²) in [5, 5.41) is 3.75. The maximum absolute atomic E-state index is 13.2. The summed E-state index contributed by atoms with van der Waals surface area (Å²) < 4.78 is 13.2. The van der Waals surface area contributed by atoms with Crippen molar-refractivity contribution in [2.75, 3.05) is 32.5 Å². The normalized spacial score (nSPS) is 19.6. The quantitative estimate of drug-likeness (QED) is 0.528. The number of nitrogens with one attached hydrogen (secondary N) is 1. The summed E-state index contributed by atoms with van der Waals surface area (Å²) in [4.78, 5) is 19.2. The summed E-state index contributed by atoms with van der Waals surface area (Å²) in [6.07, 6.45) is 6.34. The Morgan fingerprint density at radius 3 is 2.46 bits per heavy atom. The van der Waals surface area contributed by atoms with Crippen LogP contribution in [-0.4, -0.2) is 42.9 Å². The van der Waals surface area contributed by atoms with Gasteiger partial charge in [-0.3, -0.25) is 4.79 Å². The second kappa shape index (κ2) is 9.48. The molecule has 1 aromatic carbocycles. The number of pyridine rings is 1. The Bertz CT molecular complexity index is 802. The van der Waals surface area contributed by atoms with E-state index in [2.05, 4.69) is 29.3 Å². The average molecular weight is 404 g/mol. The number of carbonyl (C=O) groups excluding carboxylic acids is 1. The summed E-state index contributed by atoms with van der Waals surface area (Å²) >= 11 is 6.06. The fourth-order valence-electron chi connectivity index (χ4n) is 3.90. The van der Waals surface area contributed by atoms with Gasteiger partial charge in [0.15, 0.2) is 5.78 Å². The van der Waals surface area contributed by atoms with Crippen molar-refractivity contribution in [3.8, 4) is 0 Å². The number of carbonyl (C=O) groups is 1. The molecule has 1 fully saturated rings. The van der Waals surface area contributed by atoms with E-state index in [1.54, 1.807) is 6.07 Å². The highest BCUT2D eigenvalue weighted by atomic mass is 35.5. The first kappa shape index (κ1) is 20.7. The van der Waals surface area contributed by atoms with Crippen LogP contribution in [0.2, 0.25) is 5.15 Å². The van der Waals surface area contributed by atoms with Gasteiger partial charge >= 0.3 is 0 Å². The van der Waals surface area contributed by atoms with E-state index in [1.807, 2.05) is 0 Å². The van der Waals surface area contributed by atoms with Gasteiger partial charge in [-0.05, 0) is 81.9 Å². The van der Waals surface area contributed by atoms with Crippen LogP contribution in [0.4, 0.5) is 10.1 Å². The van der Waals surface area contributed by atoms with Gasteiger partial charge in [0.1, 0.15) is 11.0 Å². The lowest BCUT2D eigenvalue weighted by Crippen LogP contribution is -2.28. The predicted octanol–water partition coefficient (Wildman–Crippen LogP) is 4.89. The minimum absolute atomic E-state index is 0.193. The lowest BCUT2D eigenvalue weighted by atomic mass is 9.81. The zero-order valence-corrected chi connectivity index (χ0v) is 17.2. The number of hydrogen-bond acceptors (Lipinski definition) is 4. The molecular weight excluding hydrogens is 377 g/mol. The van der Waals surface area contributed by atoms with Crippen LogP contribution >= 0.6 is 11.6 Å². The van der Waals surface area contributed by atoms with E-state index in [0.29, 0.717) is 27.9 Å². The minimum Gasteiger partial charge on any atom is -0.384 e. The van der Waals surface area contributed by atoms with Crippen LogP contribution in [-0.2, 0) is 0 Å². The summed E-state index contributed by atoms with van der Waals surface area (Å²) in [6.45, 7) is 1.95. The van der Waals surface area contributed by atoms with E-state index < -0.39 is 0 Å². The van der Waals surface area contributed by atoms with Crippen molar-refractivity contribution in [1.82, 2.24) is 9.88 Å². The third kappa shape index (κ3) is 5.52.